The second-order valence-corrected chi connectivity index (χ2v) is 6.24. The Hall–Kier alpha value is -1.06. The van der Waals surface area contributed by atoms with Crippen LogP contribution in [0.15, 0.2) is 24.3 Å². The molecular weight excluding hydrogens is 238 g/mol. The number of rotatable bonds is 6. The molecule has 1 rings (SSSR count). The Morgan fingerprint density at radius 3 is 2.47 bits per heavy atom. The first kappa shape index (κ1) is 16.0. The van der Waals surface area contributed by atoms with Crippen molar-refractivity contribution >= 4 is 0 Å². The molecule has 0 spiro atoms. The molecule has 0 saturated heterocycles. The van der Waals surface area contributed by atoms with E-state index in [1.807, 2.05) is 38.2 Å². The number of ether oxygens (including phenoxy) is 1. The van der Waals surface area contributed by atoms with E-state index in [2.05, 4.69) is 25.7 Å². The second kappa shape index (κ2) is 6.92. The van der Waals surface area contributed by atoms with E-state index in [1.54, 1.807) is 0 Å². The molecule has 0 radical (unpaired) electrons. The van der Waals surface area contributed by atoms with Gasteiger partial charge in [-0.2, -0.15) is 0 Å². The summed E-state index contributed by atoms with van der Waals surface area (Å²) < 4.78 is 5.56. The summed E-state index contributed by atoms with van der Waals surface area (Å²) in [5.74, 6) is 0.779. The predicted octanol–water partition coefficient (Wildman–Crippen LogP) is 3.10. The molecule has 0 aromatic heterocycles. The summed E-state index contributed by atoms with van der Waals surface area (Å²) >= 11 is 0. The summed E-state index contributed by atoms with van der Waals surface area (Å²) in [4.78, 5) is 2.16. The van der Waals surface area contributed by atoms with Gasteiger partial charge < -0.3 is 14.7 Å². The van der Waals surface area contributed by atoms with Crippen LogP contribution in [0, 0.1) is 5.41 Å². The van der Waals surface area contributed by atoms with Crippen molar-refractivity contribution in [2.24, 2.45) is 5.41 Å². The Labute approximate surface area is 117 Å². The lowest BCUT2D eigenvalue weighted by Gasteiger charge is -2.28. The highest BCUT2D eigenvalue weighted by Crippen LogP contribution is 2.26. The molecule has 1 unspecified atom stereocenters. The molecule has 3 heteroatoms. The van der Waals surface area contributed by atoms with Crippen LogP contribution in [0.3, 0.4) is 0 Å². The van der Waals surface area contributed by atoms with Gasteiger partial charge in [0, 0.05) is 18.7 Å². The number of hydrogen-bond donors (Lipinski definition) is 1. The van der Waals surface area contributed by atoms with Crippen LogP contribution in [0.25, 0.3) is 0 Å². The normalized spacial score (nSPS) is 13.6. The van der Waals surface area contributed by atoms with E-state index < -0.39 is 6.10 Å². The Bertz CT molecular complexity index is 385. The highest BCUT2D eigenvalue weighted by Gasteiger charge is 2.18. The van der Waals surface area contributed by atoms with Crippen LogP contribution in [0.5, 0.6) is 5.75 Å². The van der Waals surface area contributed by atoms with Crippen LogP contribution in [-0.2, 0) is 0 Å². The van der Waals surface area contributed by atoms with Crippen molar-refractivity contribution in [2.45, 2.75) is 33.8 Å². The summed E-state index contributed by atoms with van der Waals surface area (Å²) in [7, 11) is 2.04. The lowest BCUT2D eigenvalue weighted by molar-refractivity contribution is 0.106. The Morgan fingerprint density at radius 1 is 1.26 bits per heavy atom. The van der Waals surface area contributed by atoms with Crippen molar-refractivity contribution < 1.29 is 9.84 Å². The van der Waals surface area contributed by atoms with Gasteiger partial charge in [-0.1, -0.05) is 39.0 Å². The smallest absolute Gasteiger partial charge is 0.125 e. The van der Waals surface area contributed by atoms with Crippen molar-refractivity contribution in [3.8, 4) is 5.75 Å². The molecular formula is C16H27NO2. The first-order valence-corrected chi connectivity index (χ1v) is 6.92. The molecule has 19 heavy (non-hydrogen) atoms. The average Bonchev–Trinajstić information content (AvgIpc) is 2.27. The van der Waals surface area contributed by atoms with Crippen molar-refractivity contribution in [1.29, 1.82) is 0 Å². The quantitative estimate of drug-likeness (QED) is 0.858. The molecule has 0 amide bonds. The van der Waals surface area contributed by atoms with Crippen molar-refractivity contribution in [2.75, 3.05) is 26.7 Å². The summed E-state index contributed by atoms with van der Waals surface area (Å²) in [5, 5.41) is 10.4. The number of benzene rings is 1. The lowest BCUT2D eigenvalue weighted by Crippen LogP contribution is -2.32. The van der Waals surface area contributed by atoms with E-state index >= 15 is 0 Å². The fraction of sp³-hybridized carbons (Fsp3) is 0.625. The van der Waals surface area contributed by atoms with Gasteiger partial charge in [-0.25, -0.2) is 0 Å². The number of aliphatic hydroxyl groups is 1. The average molecular weight is 265 g/mol. The number of likely N-dealkylation sites (N-methyl/N-ethyl adjacent to an activating group) is 1. The minimum Gasteiger partial charge on any atom is -0.493 e. The maximum absolute atomic E-state index is 10.4. The molecule has 1 N–H and O–H groups in total. The molecule has 0 aliphatic heterocycles. The highest BCUT2D eigenvalue weighted by molar-refractivity contribution is 5.35. The predicted molar refractivity (Wildman–Crippen MR) is 79.5 cm³/mol. The van der Waals surface area contributed by atoms with Gasteiger partial charge in [0.25, 0.3) is 0 Å². The number of para-hydroxylation sites is 1. The molecule has 3 nitrogen and oxygen atoms in total. The molecule has 0 fully saturated rings. The van der Waals surface area contributed by atoms with E-state index in [1.165, 1.54) is 0 Å². The molecule has 0 aliphatic carbocycles. The summed E-state index contributed by atoms with van der Waals surface area (Å²) in [6.45, 7) is 10.7. The maximum Gasteiger partial charge on any atom is 0.125 e. The van der Waals surface area contributed by atoms with Crippen LogP contribution < -0.4 is 4.74 Å². The zero-order chi connectivity index (χ0) is 14.5. The highest BCUT2D eigenvalue weighted by atomic mass is 16.5. The minimum atomic E-state index is -0.518. The van der Waals surface area contributed by atoms with Crippen LogP contribution in [-0.4, -0.2) is 36.8 Å². The van der Waals surface area contributed by atoms with E-state index in [-0.39, 0.29) is 5.41 Å². The summed E-state index contributed by atoms with van der Waals surface area (Å²) in [6, 6.07) is 7.71. The monoisotopic (exact) mass is 265 g/mol. The van der Waals surface area contributed by atoms with E-state index in [0.717, 1.165) is 17.9 Å². The van der Waals surface area contributed by atoms with Crippen LogP contribution in [0.1, 0.15) is 39.4 Å². The molecule has 0 heterocycles. The van der Waals surface area contributed by atoms with Gasteiger partial charge in [-0.3, -0.25) is 0 Å². The number of nitrogens with zero attached hydrogens (tertiary/aromatic N) is 1. The fourth-order valence-corrected chi connectivity index (χ4v) is 2.31. The van der Waals surface area contributed by atoms with Crippen LogP contribution in [0.2, 0.25) is 0 Å². The van der Waals surface area contributed by atoms with Crippen molar-refractivity contribution in [3.05, 3.63) is 29.8 Å². The van der Waals surface area contributed by atoms with Crippen LogP contribution >= 0.6 is 0 Å². The van der Waals surface area contributed by atoms with E-state index in [0.29, 0.717) is 13.2 Å². The van der Waals surface area contributed by atoms with Gasteiger partial charge >= 0.3 is 0 Å². The second-order valence-electron chi connectivity index (χ2n) is 6.24. The fourth-order valence-electron chi connectivity index (χ4n) is 2.31. The SMILES string of the molecule is CCOc1ccccc1C(O)CN(C)CC(C)(C)C. The van der Waals surface area contributed by atoms with E-state index in [4.69, 9.17) is 4.74 Å². The van der Waals surface area contributed by atoms with Gasteiger partial charge in [0.05, 0.1) is 12.7 Å². The minimum absolute atomic E-state index is 0.230. The molecule has 0 saturated carbocycles. The van der Waals surface area contributed by atoms with Gasteiger partial charge in [0.1, 0.15) is 5.75 Å². The first-order valence-electron chi connectivity index (χ1n) is 6.92. The van der Waals surface area contributed by atoms with Gasteiger partial charge in [0.15, 0.2) is 0 Å². The maximum atomic E-state index is 10.4. The van der Waals surface area contributed by atoms with Gasteiger partial charge in [0.2, 0.25) is 0 Å². The van der Waals surface area contributed by atoms with Gasteiger partial charge in [-0.05, 0) is 25.5 Å². The molecule has 1 aromatic carbocycles. The third-order valence-corrected chi connectivity index (χ3v) is 2.81. The molecule has 1 aromatic rings. The molecule has 1 atom stereocenters. The zero-order valence-corrected chi connectivity index (χ0v) is 12.8. The lowest BCUT2D eigenvalue weighted by atomic mass is 9.96. The largest absolute Gasteiger partial charge is 0.493 e. The molecule has 0 aliphatic rings. The third kappa shape index (κ3) is 5.62. The van der Waals surface area contributed by atoms with Crippen molar-refractivity contribution in [3.63, 3.8) is 0 Å². The standard InChI is InChI=1S/C16H27NO2/c1-6-19-15-10-8-7-9-13(15)14(18)11-17(5)12-16(2,3)4/h7-10,14,18H,6,11-12H2,1-5H3. The van der Waals surface area contributed by atoms with E-state index in [9.17, 15) is 5.11 Å². The third-order valence-electron chi connectivity index (χ3n) is 2.81. The number of aliphatic hydroxyl groups excluding tert-OH is 1. The summed E-state index contributed by atoms with van der Waals surface area (Å²) in [5.41, 5.74) is 1.10. The van der Waals surface area contributed by atoms with Crippen LogP contribution in [0.4, 0.5) is 0 Å². The number of hydrogen-bond acceptors (Lipinski definition) is 3. The molecule has 108 valence electrons. The van der Waals surface area contributed by atoms with Gasteiger partial charge in [-0.15, -0.1) is 0 Å². The Kier molecular flexibility index (Phi) is 5.83. The topological polar surface area (TPSA) is 32.7 Å². The first-order chi connectivity index (χ1) is 8.83. The summed E-state index contributed by atoms with van der Waals surface area (Å²) in [6.07, 6.45) is -0.518. The zero-order valence-electron chi connectivity index (χ0n) is 12.8. The Morgan fingerprint density at radius 2 is 1.89 bits per heavy atom. The molecule has 0 bridgehead atoms. The Balaban J connectivity index is 2.69. The van der Waals surface area contributed by atoms with Crippen molar-refractivity contribution in [1.82, 2.24) is 4.90 Å².